The summed E-state index contributed by atoms with van der Waals surface area (Å²) in [6.45, 7) is 14.0. The molecule has 6 nitrogen and oxygen atoms in total. The van der Waals surface area contributed by atoms with Crippen LogP contribution in [0.4, 0.5) is 0 Å². The van der Waals surface area contributed by atoms with Crippen LogP contribution in [0.5, 0.6) is 5.75 Å². The average molecular weight is 479 g/mol. The summed E-state index contributed by atoms with van der Waals surface area (Å²) in [5.74, 6) is -1.09. The highest BCUT2D eigenvalue weighted by molar-refractivity contribution is 6.46. The van der Waals surface area contributed by atoms with Gasteiger partial charge in [-0.1, -0.05) is 62.9 Å². The summed E-state index contributed by atoms with van der Waals surface area (Å²) in [6.07, 6.45) is 0.761. The smallest absolute Gasteiger partial charge is 0.295 e. The van der Waals surface area contributed by atoms with Gasteiger partial charge in [0.15, 0.2) is 0 Å². The zero-order chi connectivity index (χ0) is 25.8. The summed E-state index contributed by atoms with van der Waals surface area (Å²) in [6, 6.07) is 13.9. The first-order chi connectivity index (χ1) is 16.6. The summed E-state index contributed by atoms with van der Waals surface area (Å²) < 4.78 is 5.19. The fourth-order valence-corrected chi connectivity index (χ4v) is 4.61. The highest BCUT2D eigenvalue weighted by atomic mass is 16.5. The van der Waals surface area contributed by atoms with Gasteiger partial charge in [0, 0.05) is 18.5 Å². The standard InChI is InChI=1S/C29H38N2O4/c1-7-30(8-2)18-9-19-31-25(20-10-14-22(15-11-20)29(3,4)5)24(27(33)28(31)34)26(32)21-12-16-23(35-6)17-13-21/h10-17,25,32H,7-9,18-19H2,1-6H3. The Morgan fingerprint density at radius 1 is 1.00 bits per heavy atom. The van der Waals surface area contributed by atoms with E-state index in [0.29, 0.717) is 17.9 Å². The highest BCUT2D eigenvalue weighted by Crippen LogP contribution is 2.39. The molecule has 0 aromatic heterocycles. The van der Waals surface area contributed by atoms with E-state index < -0.39 is 23.5 Å². The number of amides is 1. The van der Waals surface area contributed by atoms with E-state index >= 15 is 0 Å². The molecule has 0 spiro atoms. The van der Waals surface area contributed by atoms with Crippen molar-refractivity contribution in [3.8, 4) is 5.75 Å². The topological polar surface area (TPSA) is 74.1 Å². The van der Waals surface area contributed by atoms with E-state index in [0.717, 1.165) is 37.2 Å². The number of rotatable bonds is 9. The zero-order valence-electron chi connectivity index (χ0n) is 21.8. The molecule has 1 atom stereocenters. The predicted molar refractivity (Wildman–Crippen MR) is 136 cm³/mol. The number of ether oxygens (including phenoxy) is 1. The molecule has 2 aromatic rings. The van der Waals surface area contributed by atoms with Crippen molar-refractivity contribution in [2.24, 2.45) is 0 Å². The lowest BCUT2D eigenvalue weighted by atomic mass is 9.85. The molecule has 1 N–H and O–H groups in total. The number of nitrogens with one attached hydrogen (secondary N) is 1. The minimum absolute atomic E-state index is 0.0267. The third kappa shape index (κ3) is 5.76. The van der Waals surface area contributed by atoms with Gasteiger partial charge in [-0.2, -0.15) is 0 Å². The van der Waals surface area contributed by atoms with Gasteiger partial charge in [-0.25, -0.2) is 0 Å². The van der Waals surface area contributed by atoms with Gasteiger partial charge in [-0.15, -0.1) is 0 Å². The quantitative estimate of drug-likeness (QED) is 0.342. The fourth-order valence-electron chi connectivity index (χ4n) is 4.61. The molecule has 1 aliphatic heterocycles. The van der Waals surface area contributed by atoms with Gasteiger partial charge in [0.2, 0.25) is 5.78 Å². The number of hydrogen-bond acceptors (Lipinski definition) is 4. The first kappa shape index (κ1) is 26.5. The average Bonchev–Trinajstić information content (AvgIpc) is 3.10. The Balaban J connectivity index is 2.04. The number of quaternary nitrogens is 1. The lowest BCUT2D eigenvalue weighted by molar-refractivity contribution is -0.896. The number of likely N-dealkylation sites (tertiary alicyclic amines) is 1. The van der Waals surface area contributed by atoms with Crippen LogP contribution in [0.15, 0.2) is 54.1 Å². The largest absolute Gasteiger partial charge is 0.872 e. The molecule has 3 rings (SSSR count). The second kappa shape index (κ2) is 11.1. The minimum Gasteiger partial charge on any atom is -0.872 e. The predicted octanol–water partition coefficient (Wildman–Crippen LogP) is 2.53. The Morgan fingerprint density at radius 2 is 1.60 bits per heavy atom. The van der Waals surface area contributed by atoms with Crippen molar-refractivity contribution in [2.75, 3.05) is 33.3 Å². The molecule has 0 aliphatic carbocycles. The number of ketones is 1. The van der Waals surface area contributed by atoms with Crippen molar-refractivity contribution in [1.29, 1.82) is 0 Å². The molecule has 6 heteroatoms. The van der Waals surface area contributed by atoms with Crippen LogP contribution in [0, 0.1) is 0 Å². The van der Waals surface area contributed by atoms with Crippen LogP contribution in [0.1, 0.15) is 63.8 Å². The van der Waals surface area contributed by atoms with Gasteiger partial charge in [0.05, 0.1) is 32.8 Å². The number of Topliss-reactive ketones (excluding diaryl/α,β-unsaturated/α-hetero) is 1. The summed E-state index contributed by atoms with van der Waals surface area (Å²) in [7, 11) is 1.56. The SMILES string of the molecule is CC[NH+](CC)CCCN1C(=O)C(=O)C(=C([O-])c2ccc(OC)cc2)C1c1ccc(C(C)(C)C)cc1. The van der Waals surface area contributed by atoms with E-state index in [4.69, 9.17) is 4.74 Å². The van der Waals surface area contributed by atoms with Crippen molar-refractivity contribution < 1.29 is 24.3 Å². The Morgan fingerprint density at radius 3 is 2.11 bits per heavy atom. The zero-order valence-corrected chi connectivity index (χ0v) is 21.8. The van der Waals surface area contributed by atoms with Crippen molar-refractivity contribution in [3.05, 3.63) is 70.8 Å². The summed E-state index contributed by atoms with van der Waals surface area (Å²) in [5.41, 5.74) is 2.30. The normalized spacial score (nSPS) is 17.9. The number of hydrogen-bond donors (Lipinski definition) is 1. The van der Waals surface area contributed by atoms with Crippen LogP contribution in [0.3, 0.4) is 0 Å². The Bertz CT molecular complexity index is 1060. The van der Waals surface area contributed by atoms with Crippen molar-refractivity contribution in [3.63, 3.8) is 0 Å². The summed E-state index contributed by atoms with van der Waals surface area (Å²) >= 11 is 0. The van der Waals surface area contributed by atoms with Crippen molar-refractivity contribution in [1.82, 2.24) is 4.90 Å². The van der Waals surface area contributed by atoms with Gasteiger partial charge in [-0.3, -0.25) is 9.59 Å². The van der Waals surface area contributed by atoms with E-state index in [9.17, 15) is 14.7 Å². The van der Waals surface area contributed by atoms with Crippen LogP contribution in [-0.2, 0) is 15.0 Å². The van der Waals surface area contributed by atoms with Crippen LogP contribution >= 0.6 is 0 Å². The molecule has 1 unspecified atom stereocenters. The van der Waals surface area contributed by atoms with E-state index in [1.807, 2.05) is 24.3 Å². The molecule has 0 radical (unpaired) electrons. The van der Waals surface area contributed by atoms with E-state index in [2.05, 4.69) is 34.6 Å². The maximum Gasteiger partial charge on any atom is 0.295 e. The second-order valence-electron chi connectivity index (χ2n) is 10.1. The van der Waals surface area contributed by atoms with Gasteiger partial charge >= 0.3 is 0 Å². The molecule has 188 valence electrons. The maximum absolute atomic E-state index is 13.6. The van der Waals surface area contributed by atoms with E-state index in [-0.39, 0.29) is 11.0 Å². The van der Waals surface area contributed by atoms with Crippen LogP contribution in [0.2, 0.25) is 0 Å². The number of nitrogens with zero attached hydrogens (tertiary/aromatic N) is 1. The summed E-state index contributed by atoms with van der Waals surface area (Å²) in [4.78, 5) is 29.4. The van der Waals surface area contributed by atoms with Crippen LogP contribution in [0.25, 0.3) is 5.76 Å². The number of carbonyl (C=O) groups is 2. The first-order valence-electron chi connectivity index (χ1n) is 12.5. The summed E-state index contributed by atoms with van der Waals surface area (Å²) in [5, 5.41) is 13.6. The fraction of sp³-hybridized carbons (Fsp3) is 0.448. The van der Waals surface area contributed by atoms with Gasteiger partial charge in [-0.05, 0) is 48.1 Å². The highest BCUT2D eigenvalue weighted by Gasteiger charge is 2.44. The minimum atomic E-state index is -0.703. The number of benzene rings is 2. The van der Waals surface area contributed by atoms with Gasteiger partial charge in [0.25, 0.3) is 5.91 Å². The monoisotopic (exact) mass is 478 g/mol. The molecule has 1 fully saturated rings. The third-order valence-corrected chi connectivity index (χ3v) is 6.90. The Kier molecular flexibility index (Phi) is 8.39. The molecule has 1 aliphatic rings. The molecule has 0 saturated carbocycles. The lowest BCUT2D eigenvalue weighted by Crippen LogP contribution is -3.11. The molecule has 2 aromatic carbocycles. The molecule has 1 heterocycles. The molecule has 1 saturated heterocycles. The maximum atomic E-state index is 13.6. The molecular weight excluding hydrogens is 440 g/mol. The first-order valence-corrected chi connectivity index (χ1v) is 12.5. The van der Waals surface area contributed by atoms with Gasteiger partial charge < -0.3 is 19.6 Å². The molecule has 1 amide bonds. The van der Waals surface area contributed by atoms with Crippen molar-refractivity contribution >= 4 is 17.4 Å². The van der Waals surface area contributed by atoms with Crippen LogP contribution in [-0.4, -0.2) is 49.9 Å². The Hall–Kier alpha value is -3.12. The Labute approximate surface area is 209 Å². The third-order valence-electron chi connectivity index (χ3n) is 6.90. The number of methoxy groups -OCH3 is 1. The second-order valence-corrected chi connectivity index (χ2v) is 10.1. The molecule has 35 heavy (non-hydrogen) atoms. The van der Waals surface area contributed by atoms with Gasteiger partial charge in [0.1, 0.15) is 5.75 Å². The van der Waals surface area contributed by atoms with E-state index in [1.54, 1.807) is 36.3 Å². The molecular formula is C29H38N2O4. The number of carbonyl (C=O) groups excluding carboxylic acids is 2. The van der Waals surface area contributed by atoms with Crippen LogP contribution < -0.4 is 14.7 Å². The van der Waals surface area contributed by atoms with E-state index in [1.165, 1.54) is 4.90 Å². The van der Waals surface area contributed by atoms with Crippen molar-refractivity contribution in [2.45, 2.75) is 52.5 Å². The lowest BCUT2D eigenvalue weighted by Gasteiger charge is -2.29. The molecule has 0 bridgehead atoms.